The van der Waals surface area contributed by atoms with E-state index in [1.165, 1.54) is 25.7 Å². The monoisotopic (exact) mass is 255 g/mol. The molecule has 0 radical (unpaired) electrons. The van der Waals surface area contributed by atoms with Crippen molar-refractivity contribution in [2.45, 2.75) is 45.6 Å². The second-order valence-corrected chi connectivity index (χ2v) is 4.75. The van der Waals surface area contributed by atoms with Crippen molar-refractivity contribution in [3.63, 3.8) is 0 Å². The predicted molar refractivity (Wildman–Crippen MR) is 74.3 cm³/mol. The molecular formula is C14H22ClNO. The molecule has 0 aliphatic heterocycles. The molecule has 0 bridgehead atoms. The predicted octanol–water partition coefficient (Wildman–Crippen LogP) is 4.41. The fourth-order valence-corrected chi connectivity index (χ4v) is 1.88. The molecule has 2 N–H and O–H groups in total. The highest BCUT2D eigenvalue weighted by Gasteiger charge is 2.00. The fraction of sp³-hybridized carbons (Fsp3) is 0.571. The minimum Gasteiger partial charge on any atom is -0.398 e. The van der Waals surface area contributed by atoms with Crippen LogP contribution in [-0.2, 0) is 11.3 Å². The highest BCUT2D eigenvalue weighted by atomic mass is 35.5. The third-order valence-electron chi connectivity index (χ3n) is 2.75. The van der Waals surface area contributed by atoms with Gasteiger partial charge in [0.25, 0.3) is 0 Å². The lowest BCUT2D eigenvalue weighted by atomic mass is 10.1. The summed E-state index contributed by atoms with van der Waals surface area (Å²) in [7, 11) is 0. The first kappa shape index (κ1) is 14.3. The molecule has 0 aliphatic rings. The number of hydrogen-bond donors (Lipinski definition) is 1. The normalized spacial score (nSPS) is 10.7. The van der Waals surface area contributed by atoms with Crippen LogP contribution in [0.3, 0.4) is 0 Å². The lowest BCUT2D eigenvalue weighted by Crippen LogP contribution is -1.99. The molecule has 0 aromatic heterocycles. The van der Waals surface area contributed by atoms with E-state index in [2.05, 4.69) is 6.92 Å². The molecule has 0 fully saturated rings. The second-order valence-electron chi connectivity index (χ2n) is 4.31. The maximum absolute atomic E-state index is 5.90. The summed E-state index contributed by atoms with van der Waals surface area (Å²) in [5, 5.41) is 0.709. The second kappa shape index (κ2) is 8.37. The van der Waals surface area contributed by atoms with Gasteiger partial charge in [0, 0.05) is 22.9 Å². The zero-order valence-corrected chi connectivity index (χ0v) is 11.3. The average Bonchev–Trinajstić information content (AvgIpc) is 2.32. The zero-order chi connectivity index (χ0) is 12.5. The van der Waals surface area contributed by atoms with Gasteiger partial charge < -0.3 is 10.5 Å². The first-order valence-electron chi connectivity index (χ1n) is 6.35. The molecule has 2 nitrogen and oxygen atoms in total. The number of anilines is 1. The quantitative estimate of drug-likeness (QED) is 0.552. The Labute approximate surface area is 109 Å². The van der Waals surface area contributed by atoms with Crippen LogP contribution in [0.1, 0.15) is 44.6 Å². The van der Waals surface area contributed by atoms with Gasteiger partial charge in [0.05, 0.1) is 6.61 Å². The summed E-state index contributed by atoms with van der Waals surface area (Å²) in [5.41, 5.74) is 7.56. The van der Waals surface area contributed by atoms with E-state index in [1.807, 2.05) is 12.1 Å². The zero-order valence-electron chi connectivity index (χ0n) is 10.5. The Morgan fingerprint density at radius 1 is 1.18 bits per heavy atom. The van der Waals surface area contributed by atoms with Gasteiger partial charge in [0.15, 0.2) is 0 Å². The van der Waals surface area contributed by atoms with Gasteiger partial charge in [-0.3, -0.25) is 0 Å². The van der Waals surface area contributed by atoms with Gasteiger partial charge in [-0.25, -0.2) is 0 Å². The standard InChI is InChI=1S/C14H22ClNO/c1-2-3-4-5-6-9-17-11-12-10-13(15)7-8-14(12)16/h7-8,10H,2-6,9,11,16H2,1H3. The minimum atomic E-state index is 0.556. The SMILES string of the molecule is CCCCCCCOCc1cc(Cl)ccc1N. The van der Waals surface area contributed by atoms with Gasteiger partial charge in [-0.2, -0.15) is 0 Å². The van der Waals surface area contributed by atoms with Crippen LogP contribution in [0.5, 0.6) is 0 Å². The van der Waals surface area contributed by atoms with Crippen molar-refractivity contribution >= 4 is 17.3 Å². The van der Waals surface area contributed by atoms with Crippen molar-refractivity contribution in [2.24, 2.45) is 0 Å². The Morgan fingerprint density at radius 3 is 2.71 bits per heavy atom. The lowest BCUT2D eigenvalue weighted by molar-refractivity contribution is 0.117. The van der Waals surface area contributed by atoms with Gasteiger partial charge in [0.1, 0.15) is 0 Å². The Balaban J connectivity index is 2.15. The molecule has 0 spiro atoms. The molecule has 0 aliphatic carbocycles. The summed E-state index contributed by atoms with van der Waals surface area (Å²) in [6.45, 7) is 3.58. The summed E-state index contributed by atoms with van der Waals surface area (Å²) in [5.74, 6) is 0. The van der Waals surface area contributed by atoms with Gasteiger partial charge in [-0.15, -0.1) is 0 Å². The molecule has 0 saturated carbocycles. The van der Waals surface area contributed by atoms with Crippen molar-refractivity contribution in [2.75, 3.05) is 12.3 Å². The summed E-state index contributed by atoms with van der Waals surface area (Å²) < 4.78 is 5.60. The minimum absolute atomic E-state index is 0.556. The number of hydrogen-bond acceptors (Lipinski definition) is 2. The molecular weight excluding hydrogens is 234 g/mol. The molecule has 0 amide bonds. The Hall–Kier alpha value is -0.730. The van der Waals surface area contributed by atoms with E-state index in [0.717, 1.165) is 24.3 Å². The third-order valence-corrected chi connectivity index (χ3v) is 2.99. The van der Waals surface area contributed by atoms with E-state index in [1.54, 1.807) is 6.07 Å². The van der Waals surface area contributed by atoms with Gasteiger partial charge in [-0.05, 0) is 24.6 Å². The van der Waals surface area contributed by atoms with Crippen LogP contribution in [-0.4, -0.2) is 6.61 Å². The molecule has 1 aromatic rings. The number of unbranched alkanes of at least 4 members (excludes halogenated alkanes) is 4. The van der Waals surface area contributed by atoms with Gasteiger partial charge in [0.2, 0.25) is 0 Å². The fourth-order valence-electron chi connectivity index (χ4n) is 1.69. The number of halogens is 1. The molecule has 0 heterocycles. The smallest absolute Gasteiger partial charge is 0.0737 e. The van der Waals surface area contributed by atoms with Crippen LogP contribution < -0.4 is 5.73 Å². The number of ether oxygens (including phenoxy) is 1. The van der Waals surface area contributed by atoms with E-state index < -0.39 is 0 Å². The number of rotatable bonds is 8. The molecule has 1 aromatic carbocycles. The van der Waals surface area contributed by atoms with E-state index in [4.69, 9.17) is 22.1 Å². The Morgan fingerprint density at radius 2 is 1.94 bits per heavy atom. The number of benzene rings is 1. The summed E-state index contributed by atoms with van der Waals surface area (Å²) in [4.78, 5) is 0. The van der Waals surface area contributed by atoms with E-state index >= 15 is 0 Å². The molecule has 0 saturated heterocycles. The van der Waals surface area contributed by atoms with Crippen LogP contribution in [0.15, 0.2) is 18.2 Å². The van der Waals surface area contributed by atoms with Crippen LogP contribution in [0.25, 0.3) is 0 Å². The van der Waals surface area contributed by atoms with Crippen molar-refractivity contribution < 1.29 is 4.74 Å². The average molecular weight is 256 g/mol. The van der Waals surface area contributed by atoms with Gasteiger partial charge >= 0.3 is 0 Å². The Bertz CT molecular complexity index is 328. The largest absolute Gasteiger partial charge is 0.398 e. The highest BCUT2D eigenvalue weighted by molar-refractivity contribution is 6.30. The Kier molecular flexibility index (Phi) is 7.06. The van der Waals surface area contributed by atoms with Crippen LogP contribution >= 0.6 is 11.6 Å². The molecule has 0 atom stereocenters. The first-order chi connectivity index (χ1) is 8.24. The molecule has 0 unspecified atom stereocenters. The lowest BCUT2D eigenvalue weighted by Gasteiger charge is -2.07. The first-order valence-corrected chi connectivity index (χ1v) is 6.73. The van der Waals surface area contributed by atoms with Crippen LogP contribution in [0.2, 0.25) is 5.02 Å². The van der Waals surface area contributed by atoms with Crippen molar-refractivity contribution in [1.29, 1.82) is 0 Å². The topological polar surface area (TPSA) is 35.2 Å². The van der Waals surface area contributed by atoms with Crippen LogP contribution in [0, 0.1) is 0 Å². The molecule has 17 heavy (non-hydrogen) atoms. The molecule has 1 rings (SSSR count). The van der Waals surface area contributed by atoms with E-state index in [-0.39, 0.29) is 0 Å². The van der Waals surface area contributed by atoms with Crippen LogP contribution in [0.4, 0.5) is 5.69 Å². The van der Waals surface area contributed by atoms with Gasteiger partial charge in [-0.1, -0.05) is 44.2 Å². The van der Waals surface area contributed by atoms with E-state index in [9.17, 15) is 0 Å². The number of nitrogens with two attached hydrogens (primary N) is 1. The molecule has 3 heteroatoms. The highest BCUT2D eigenvalue weighted by Crippen LogP contribution is 2.18. The summed E-state index contributed by atoms with van der Waals surface area (Å²) in [6, 6.07) is 5.49. The maximum Gasteiger partial charge on any atom is 0.0737 e. The van der Waals surface area contributed by atoms with Crippen molar-refractivity contribution in [3.8, 4) is 0 Å². The van der Waals surface area contributed by atoms with Crippen molar-refractivity contribution in [3.05, 3.63) is 28.8 Å². The summed E-state index contributed by atoms with van der Waals surface area (Å²) >= 11 is 5.90. The van der Waals surface area contributed by atoms with Crippen molar-refractivity contribution in [1.82, 2.24) is 0 Å². The number of nitrogen functional groups attached to an aromatic ring is 1. The third kappa shape index (κ3) is 5.94. The summed E-state index contributed by atoms with van der Waals surface area (Å²) in [6.07, 6.45) is 6.28. The maximum atomic E-state index is 5.90. The van der Waals surface area contributed by atoms with E-state index in [0.29, 0.717) is 11.6 Å². The molecule has 96 valence electrons.